The summed E-state index contributed by atoms with van der Waals surface area (Å²) < 4.78 is 22.0. The summed E-state index contributed by atoms with van der Waals surface area (Å²) in [5.41, 5.74) is 9.27. The number of hydrogen-bond donors (Lipinski definition) is 2. The van der Waals surface area contributed by atoms with Gasteiger partial charge < -0.3 is 20.2 Å². The predicted molar refractivity (Wildman–Crippen MR) is 127 cm³/mol. The first kappa shape index (κ1) is 23.0. The highest BCUT2D eigenvalue weighted by Gasteiger charge is 2.44. The fraction of sp³-hybridized carbons (Fsp3) is 0.280. The summed E-state index contributed by atoms with van der Waals surface area (Å²) in [5.74, 6) is -0.836. The van der Waals surface area contributed by atoms with Crippen LogP contribution in [0.15, 0.2) is 67.4 Å². The minimum atomic E-state index is -1.28. The number of imidazole rings is 1. The van der Waals surface area contributed by atoms with Gasteiger partial charge in [0.1, 0.15) is 17.2 Å². The van der Waals surface area contributed by atoms with Crippen molar-refractivity contribution in [2.45, 2.75) is 24.7 Å². The maximum atomic E-state index is 13.6. The van der Waals surface area contributed by atoms with E-state index < -0.39 is 17.7 Å². The Morgan fingerprint density at radius 2 is 2.00 bits per heavy atom. The molecule has 0 saturated carbocycles. The molecule has 1 fully saturated rings. The third kappa shape index (κ3) is 4.51. The van der Waals surface area contributed by atoms with Crippen LogP contribution in [0.4, 0.5) is 4.39 Å². The van der Waals surface area contributed by atoms with Gasteiger partial charge in [-0.1, -0.05) is 18.2 Å². The van der Waals surface area contributed by atoms with Crippen LogP contribution in [0, 0.1) is 12.7 Å². The minimum Gasteiger partial charge on any atom is -0.355 e. The van der Waals surface area contributed by atoms with E-state index in [2.05, 4.69) is 31.4 Å². The number of likely N-dealkylation sites (N-methyl/N-ethyl adjacent to an activating group) is 1. The van der Waals surface area contributed by atoms with Crippen LogP contribution in [0.3, 0.4) is 0 Å². The zero-order valence-corrected chi connectivity index (χ0v) is 19.4. The largest absolute Gasteiger partial charge is 0.355 e. The Kier molecular flexibility index (Phi) is 6.01. The zero-order chi connectivity index (χ0) is 24.6. The number of halogens is 1. The molecule has 1 amide bonds. The number of hydrogen-bond acceptors (Lipinski definition) is 7. The highest BCUT2D eigenvalue weighted by molar-refractivity contribution is 5.92. The van der Waals surface area contributed by atoms with Crippen molar-refractivity contribution >= 4 is 11.6 Å². The Hall–Kier alpha value is -3.73. The number of aryl methyl sites for hydroxylation is 1. The number of pyridine rings is 1. The lowest BCUT2D eigenvalue weighted by Crippen LogP contribution is -2.64. The number of nitrogens with zero attached hydrogens (tertiary/aromatic N) is 5. The molecule has 3 unspecified atom stereocenters. The van der Waals surface area contributed by atoms with Crippen molar-refractivity contribution in [3.8, 4) is 0 Å². The van der Waals surface area contributed by atoms with Gasteiger partial charge in [-0.15, -0.1) is 0 Å². The molecule has 9 nitrogen and oxygen atoms in total. The molecule has 4 aromatic rings. The van der Waals surface area contributed by atoms with E-state index in [0.717, 1.165) is 16.9 Å². The van der Waals surface area contributed by atoms with Crippen molar-refractivity contribution in [3.63, 3.8) is 0 Å². The van der Waals surface area contributed by atoms with Crippen LogP contribution in [-0.4, -0.2) is 56.1 Å². The van der Waals surface area contributed by atoms with Crippen LogP contribution in [0.25, 0.3) is 5.65 Å². The molecule has 10 heteroatoms. The van der Waals surface area contributed by atoms with E-state index in [-0.39, 0.29) is 17.6 Å². The minimum absolute atomic E-state index is 0.0533. The summed E-state index contributed by atoms with van der Waals surface area (Å²) >= 11 is 0. The number of nitrogens with two attached hydrogens (primary N) is 1. The summed E-state index contributed by atoms with van der Waals surface area (Å²) in [6.07, 6.45) is 8.19. The number of morpholine rings is 1. The van der Waals surface area contributed by atoms with Crippen molar-refractivity contribution in [2.75, 3.05) is 20.2 Å². The highest BCUT2D eigenvalue weighted by Crippen LogP contribution is 2.35. The lowest BCUT2D eigenvalue weighted by atomic mass is 9.92. The van der Waals surface area contributed by atoms with Gasteiger partial charge in [-0.05, 0) is 43.3 Å². The van der Waals surface area contributed by atoms with E-state index in [0.29, 0.717) is 18.7 Å². The molecule has 0 aliphatic carbocycles. The second-order valence-corrected chi connectivity index (χ2v) is 8.84. The first-order chi connectivity index (χ1) is 16.8. The van der Waals surface area contributed by atoms with Gasteiger partial charge in [0, 0.05) is 37.0 Å². The smallest absolute Gasteiger partial charge is 0.272 e. The fourth-order valence-corrected chi connectivity index (χ4v) is 4.51. The molecule has 1 saturated heterocycles. The second kappa shape index (κ2) is 9.14. The zero-order valence-electron chi connectivity index (χ0n) is 19.4. The number of carbonyl (C=O) groups is 1. The number of amides is 1. The Balaban J connectivity index is 1.42. The number of ether oxygens (including phenoxy) is 1. The summed E-state index contributed by atoms with van der Waals surface area (Å²) in [4.78, 5) is 27.5. The molecule has 0 radical (unpaired) electrons. The molecule has 35 heavy (non-hydrogen) atoms. The van der Waals surface area contributed by atoms with E-state index in [1.54, 1.807) is 12.1 Å². The number of benzene rings is 1. The van der Waals surface area contributed by atoms with Crippen molar-refractivity contribution in [2.24, 2.45) is 5.73 Å². The molecule has 180 valence electrons. The standard InChI is InChI=1S/C25H26FN7O2/c1-16-11-30-22-8-5-18(13-33(16)22)21-14-35-25(27,15-32(21)2)23(17-3-6-19(26)7-4-17)31-24(34)20-12-28-9-10-29-20/h3-13,21,23H,14-15,27H2,1-2H3,(H,31,34). The third-order valence-corrected chi connectivity index (χ3v) is 6.40. The van der Waals surface area contributed by atoms with Crippen molar-refractivity contribution in [3.05, 3.63) is 95.7 Å². The number of nitrogens with one attached hydrogen (secondary N) is 1. The van der Waals surface area contributed by atoms with Gasteiger partial charge in [0.2, 0.25) is 0 Å². The van der Waals surface area contributed by atoms with Crippen molar-refractivity contribution in [1.29, 1.82) is 0 Å². The van der Waals surface area contributed by atoms with Crippen molar-refractivity contribution < 1.29 is 13.9 Å². The molecule has 5 rings (SSSR count). The van der Waals surface area contributed by atoms with E-state index in [9.17, 15) is 9.18 Å². The van der Waals surface area contributed by atoms with Crippen LogP contribution in [0.1, 0.15) is 39.4 Å². The van der Waals surface area contributed by atoms with E-state index in [1.165, 1.54) is 30.7 Å². The van der Waals surface area contributed by atoms with E-state index in [4.69, 9.17) is 10.5 Å². The Labute approximate surface area is 201 Å². The molecule has 1 aromatic carbocycles. The van der Waals surface area contributed by atoms with Gasteiger partial charge in [-0.25, -0.2) is 14.4 Å². The van der Waals surface area contributed by atoms with Gasteiger partial charge in [0.05, 0.1) is 24.9 Å². The van der Waals surface area contributed by atoms with Crippen LogP contribution >= 0.6 is 0 Å². The average molecular weight is 476 g/mol. The normalized spacial score (nSPS) is 21.7. The topological polar surface area (TPSA) is 111 Å². The Morgan fingerprint density at radius 1 is 1.20 bits per heavy atom. The maximum Gasteiger partial charge on any atom is 0.272 e. The van der Waals surface area contributed by atoms with Gasteiger partial charge >= 0.3 is 0 Å². The van der Waals surface area contributed by atoms with Gasteiger partial charge in [0.25, 0.3) is 5.91 Å². The molecule has 4 heterocycles. The van der Waals surface area contributed by atoms with E-state index >= 15 is 0 Å². The molecule has 3 N–H and O–H groups in total. The average Bonchev–Trinajstić information content (AvgIpc) is 3.23. The quantitative estimate of drug-likeness (QED) is 0.456. The highest BCUT2D eigenvalue weighted by atomic mass is 19.1. The molecule has 1 aliphatic heterocycles. The third-order valence-electron chi connectivity index (χ3n) is 6.40. The molecule has 0 bridgehead atoms. The predicted octanol–water partition coefficient (Wildman–Crippen LogP) is 2.40. The lowest BCUT2D eigenvalue weighted by Gasteiger charge is -2.47. The molecule has 1 aliphatic rings. The molecule has 0 spiro atoms. The number of aromatic nitrogens is 4. The SMILES string of the molecule is Cc1cnc2ccc(C3COC(N)(C(NC(=O)c4cnccn4)c4ccc(F)cc4)CN3C)cn12. The Morgan fingerprint density at radius 3 is 2.71 bits per heavy atom. The van der Waals surface area contributed by atoms with Crippen LogP contribution in [0.5, 0.6) is 0 Å². The summed E-state index contributed by atoms with van der Waals surface area (Å²) in [7, 11) is 1.96. The number of rotatable bonds is 5. The molecule has 3 aromatic heterocycles. The van der Waals surface area contributed by atoms with E-state index in [1.807, 2.05) is 36.7 Å². The fourth-order valence-electron chi connectivity index (χ4n) is 4.51. The molecular formula is C25H26FN7O2. The second-order valence-electron chi connectivity index (χ2n) is 8.84. The van der Waals surface area contributed by atoms with Crippen LogP contribution in [0.2, 0.25) is 0 Å². The van der Waals surface area contributed by atoms with Crippen LogP contribution < -0.4 is 11.1 Å². The summed E-state index contributed by atoms with van der Waals surface area (Å²) in [5, 5.41) is 2.93. The monoisotopic (exact) mass is 475 g/mol. The Bertz CT molecular complexity index is 1350. The van der Waals surface area contributed by atoms with Gasteiger partial charge in [0.15, 0.2) is 5.72 Å². The number of fused-ring (bicyclic) bond motifs is 1. The summed E-state index contributed by atoms with van der Waals surface area (Å²) in [6, 6.07) is 9.04. The molecular weight excluding hydrogens is 449 g/mol. The van der Waals surface area contributed by atoms with Gasteiger partial charge in [-0.2, -0.15) is 0 Å². The summed E-state index contributed by atoms with van der Waals surface area (Å²) in [6.45, 7) is 2.61. The maximum absolute atomic E-state index is 13.6. The first-order valence-electron chi connectivity index (χ1n) is 11.2. The van der Waals surface area contributed by atoms with Crippen LogP contribution in [-0.2, 0) is 4.74 Å². The molecule has 3 atom stereocenters. The number of carbonyl (C=O) groups excluding carboxylic acids is 1. The lowest BCUT2D eigenvalue weighted by molar-refractivity contribution is -0.143. The first-order valence-corrected chi connectivity index (χ1v) is 11.2. The van der Waals surface area contributed by atoms with Crippen molar-refractivity contribution in [1.82, 2.24) is 29.6 Å². The van der Waals surface area contributed by atoms with Gasteiger partial charge in [-0.3, -0.25) is 14.7 Å².